The summed E-state index contributed by atoms with van der Waals surface area (Å²) in [6, 6.07) is 11.6. The number of aliphatic carboxylic acids is 1. The summed E-state index contributed by atoms with van der Waals surface area (Å²) in [6.07, 6.45) is 3.09. The van der Waals surface area contributed by atoms with Crippen LogP contribution in [0.5, 0.6) is 0 Å². The van der Waals surface area contributed by atoms with E-state index in [1.165, 1.54) is 11.8 Å². The average Bonchev–Trinajstić information content (AvgIpc) is 3.18. The molecule has 1 aromatic carbocycles. The molecule has 1 fully saturated rings. The van der Waals surface area contributed by atoms with Crippen LogP contribution in [0, 0.1) is 0 Å². The maximum absolute atomic E-state index is 12.6. The van der Waals surface area contributed by atoms with Crippen LogP contribution in [0.4, 0.5) is 0 Å². The van der Waals surface area contributed by atoms with Gasteiger partial charge in [0.1, 0.15) is 4.32 Å². The lowest BCUT2D eigenvalue weighted by Gasteiger charge is -2.13. The van der Waals surface area contributed by atoms with Crippen LogP contribution in [0.1, 0.15) is 24.1 Å². The number of amides is 1. The van der Waals surface area contributed by atoms with Gasteiger partial charge in [0, 0.05) is 33.3 Å². The molecule has 1 aromatic heterocycles. The largest absolute Gasteiger partial charge is 0.481 e. The second kappa shape index (κ2) is 9.01. The third kappa shape index (κ3) is 4.99. The highest BCUT2D eigenvalue weighted by atomic mass is 35.5. The quantitative estimate of drug-likeness (QED) is 0.351. The zero-order chi connectivity index (χ0) is 19.4. The van der Waals surface area contributed by atoms with Gasteiger partial charge in [-0.05, 0) is 37.1 Å². The summed E-state index contributed by atoms with van der Waals surface area (Å²) in [4.78, 5) is 27.3. The highest BCUT2D eigenvalue weighted by Gasteiger charge is 2.31. The molecule has 1 N–H and O–H groups in total. The van der Waals surface area contributed by atoms with E-state index in [9.17, 15) is 9.59 Å². The second-order valence-electron chi connectivity index (χ2n) is 5.87. The number of carboxylic acid groups (broad SMARTS) is 1. The predicted molar refractivity (Wildman–Crippen MR) is 116 cm³/mol. The van der Waals surface area contributed by atoms with Crippen molar-refractivity contribution in [3.63, 3.8) is 0 Å². The summed E-state index contributed by atoms with van der Waals surface area (Å²) in [7, 11) is 0. The van der Waals surface area contributed by atoms with E-state index in [2.05, 4.69) is 0 Å². The fourth-order valence-electron chi connectivity index (χ4n) is 2.60. The first-order valence-electron chi connectivity index (χ1n) is 8.27. The third-order valence-electron chi connectivity index (χ3n) is 3.94. The smallest absolute Gasteiger partial charge is 0.303 e. The molecule has 0 bridgehead atoms. The molecule has 0 unspecified atom stereocenters. The Kier molecular flexibility index (Phi) is 6.70. The SMILES string of the molecule is O=C(O)CCCCN1C(=O)C(=Cc2ccc(-c3ccccc3Cl)s2)SC1=S. The van der Waals surface area contributed by atoms with Gasteiger partial charge in [-0.15, -0.1) is 11.3 Å². The lowest BCUT2D eigenvalue weighted by atomic mass is 10.2. The monoisotopic (exact) mass is 437 g/mol. The standard InChI is InChI=1S/C19H16ClNO3S3/c20-14-6-2-1-5-13(14)15-9-8-12(26-15)11-16-18(24)21(19(25)27-16)10-4-3-7-17(22)23/h1-2,5-6,8-9,11H,3-4,7,10H2,(H,22,23). The highest BCUT2D eigenvalue weighted by molar-refractivity contribution is 8.26. The van der Waals surface area contributed by atoms with E-state index < -0.39 is 5.97 Å². The number of thiophene rings is 1. The van der Waals surface area contributed by atoms with E-state index in [-0.39, 0.29) is 12.3 Å². The van der Waals surface area contributed by atoms with Crippen molar-refractivity contribution >= 4 is 69.2 Å². The van der Waals surface area contributed by atoms with Gasteiger partial charge in [-0.3, -0.25) is 14.5 Å². The van der Waals surface area contributed by atoms with E-state index in [4.69, 9.17) is 28.9 Å². The number of hydrogen-bond acceptors (Lipinski definition) is 5. The van der Waals surface area contributed by atoms with Gasteiger partial charge in [0.2, 0.25) is 0 Å². The number of carbonyl (C=O) groups is 2. The van der Waals surface area contributed by atoms with Crippen molar-refractivity contribution in [2.45, 2.75) is 19.3 Å². The summed E-state index contributed by atoms with van der Waals surface area (Å²) in [5, 5.41) is 9.38. The maximum Gasteiger partial charge on any atom is 0.303 e. The zero-order valence-corrected chi connectivity index (χ0v) is 17.4. The highest BCUT2D eigenvalue weighted by Crippen LogP contribution is 2.37. The van der Waals surface area contributed by atoms with E-state index in [1.54, 1.807) is 16.2 Å². The number of halogens is 1. The van der Waals surface area contributed by atoms with Crippen LogP contribution < -0.4 is 0 Å². The van der Waals surface area contributed by atoms with Crippen LogP contribution in [0.15, 0.2) is 41.3 Å². The number of benzene rings is 1. The van der Waals surface area contributed by atoms with Crippen LogP contribution in [0.3, 0.4) is 0 Å². The van der Waals surface area contributed by atoms with Gasteiger partial charge >= 0.3 is 5.97 Å². The van der Waals surface area contributed by atoms with Crippen molar-refractivity contribution in [3.05, 3.63) is 51.2 Å². The lowest BCUT2D eigenvalue weighted by Crippen LogP contribution is -2.29. The molecular formula is C19H16ClNO3S3. The molecule has 0 aliphatic carbocycles. The van der Waals surface area contributed by atoms with Crippen LogP contribution in [-0.4, -0.2) is 32.7 Å². The molecule has 1 amide bonds. The Labute approximate surface area is 175 Å². The molecule has 140 valence electrons. The van der Waals surface area contributed by atoms with Crippen LogP contribution in [0.25, 0.3) is 16.5 Å². The zero-order valence-electron chi connectivity index (χ0n) is 14.2. The fourth-order valence-corrected chi connectivity index (χ4v) is 5.26. The Morgan fingerprint density at radius 1 is 1.22 bits per heavy atom. The van der Waals surface area contributed by atoms with Crippen molar-refractivity contribution in [1.29, 1.82) is 0 Å². The van der Waals surface area contributed by atoms with Crippen molar-refractivity contribution < 1.29 is 14.7 Å². The van der Waals surface area contributed by atoms with Gasteiger partial charge in [0.15, 0.2) is 0 Å². The molecule has 0 saturated carbocycles. The van der Waals surface area contributed by atoms with Gasteiger partial charge < -0.3 is 5.11 Å². The molecule has 1 aliphatic heterocycles. The van der Waals surface area contributed by atoms with Gasteiger partial charge in [0.25, 0.3) is 5.91 Å². The summed E-state index contributed by atoms with van der Waals surface area (Å²) < 4.78 is 0.518. The first kappa shape index (κ1) is 20.1. The molecule has 1 saturated heterocycles. The van der Waals surface area contributed by atoms with E-state index in [0.717, 1.165) is 15.3 Å². The van der Waals surface area contributed by atoms with Crippen LogP contribution in [-0.2, 0) is 9.59 Å². The number of thiocarbonyl (C=S) groups is 1. The molecule has 0 radical (unpaired) electrons. The number of carbonyl (C=O) groups excluding carboxylic acids is 1. The minimum Gasteiger partial charge on any atom is -0.481 e. The normalized spacial score (nSPS) is 15.7. The molecule has 1 aliphatic rings. The molecule has 27 heavy (non-hydrogen) atoms. The van der Waals surface area contributed by atoms with Crippen molar-refractivity contribution in [2.75, 3.05) is 6.54 Å². The summed E-state index contributed by atoms with van der Waals surface area (Å²) in [6.45, 7) is 0.449. The van der Waals surface area contributed by atoms with Crippen molar-refractivity contribution in [3.8, 4) is 10.4 Å². The topological polar surface area (TPSA) is 57.6 Å². The number of rotatable bonds is 7. The molecule has 0 spiro atoms. The maximum atomic E-state index is 12.6. The number of unbranched alkanes of at least 4 members (excludes halogenated alkanes) is 1. The Morgan fingerprint density at radius 2 is 2.00 bits per heavy atom. The third-order valence-corrected chi connectivity index (χ3v) is 6.71. The Balaban J connectivity index is 1.69. The lowest BCUT2D eigenvalue weighted by molar-refractivity contribution is -0.137. The molecule has 8 heteroatoms. The summed E-state index contributed by atoms with van der Waals surface area (Å²) in [5.41, 5.74) is 0.967. The van der Waals surface area contributed by atoms with Crippen LogP contribution >= 0.6 is 46.9 Å². The van der Waals surface area contributed by atoms with Crippen molar-refractivity contribution in [2.24, 2.45) is 0 Å². The van der Waals surface area contributed by atoms with Gasteiger partial charge in [0.05, 0.1) is 4.91 Å². The summed E-state index contributed by atoms with van der Waals surface area (Å²) in [5.74, 6) is -0.944. The van der Waals surface area contributed by atoms with Gasteiger partial charge in [-0.1, -0.05) is 53.8 Å². The minimum absolute atomic E-state index is 0.102. The number of nitrogens with zero attached hydrogens (tertiary/aromatic N) is 1. The molecule has 4 nitrogen and oxygen atoms in total. The Hall–Kier alpha value is -1.67. The average molecular weight is 438 g/mol. The predicted octanol–water partition coefficient (Wildman–Crippen LogP) is 5.52. The molecular weight excluding hydrogens is 422 g/mol. The Bertz CT molecular complexity index is 922. The van der Waals surface area contributed by atoms with E-state index >= 15 is 0 Å². The molecule has 3 rings (SSSR count). The van der Waals surface area contributed by atoms with E-state index in [1.807, 2.05) is 42.5 Å². The molecule has 2 heterocycles. The van der Waals surface area contributed by atoms with Crippen LogP contribution in [0.2, 0.25) is 5.02 Å². The minimum atomic E-state index is -0.827. The Morgan fingerprint density at radius 3 is 2.74 bits per heavy atom. The molecule has 0 atom stereocenters. The first-order chi connectivity index (χ1) is 13.0. The van der Waals surface area contributed by atoms with Crippen molar-refractivity contribution in [1.82, 2.24) is 4.90 Å². The van der Waals surface area contributed by atoms with Gasteiger partial charge in [-0.25, -0.2) is 0 Å². The van der Waals surface area contributed by atoms with E-state index in [0.29, 0.717) is 33.6 Å². The molecule has 2 aromatic rings. The number of hydrogen-bond donors (Lipinski definition) is 1. The fraction of sp³-hybridized carbons (Fsp3) is 0.211. The second-order valence-corrected chi connectivity index (χ2v) is 9.06. The summed E-state index contributed by atoms with van der Waals surface area (Å²) >= 11 is 14.4. The first-order valence-corrected chi connectivity index (χ1v) is 10.7. The van der Waals surface area contributed by atoms with Gasteiger partial charge in [-0.2, -0.15) is 0 Å². The number of carboxylic acids is 1. The number of thioether (sulfide) groups is 1.